The molecule has 1 aromatic rings. The number of alkyl halides is 6. The fraction of sp³-hybridized carbons (Fsp3) is 0.733. The molecule has 2 N–H and O–H groups in total. The summed E-state index contributed by atoms with van der Waals surface area (Å²) < 4.78 is 77.9. The number of nitrogens with one attached hydrogen (secondary N) is 2. The van der Waals surface area contributed by atoms with Crippen LogP contribution in [0.5, 0.6) is 0 Å². The number of aliphatic imine (C=N–C) groups is 1. The molecule has 1 saturated carbocycles. The second-order valence-electron chi connectivity index (χ2n) is 6.33. The average Bonchev–Trinajstić information content (AvgIpc) is 2.92. The fourth-order valence-electron chi connectivity index (χ4n) is 3.04. The van der Waals surface area contributed by atoms with Crippen LogP contribution in [0.1, 0.15) is 36.9 Å². The lowest BCUT2D eigenvalue weighted by molar-refractivity contribution is -0.182. The molecule has 1 fully saturated rings. The van der Waals surface area contributed by atoms with Crippen molar-refractivity contribution in [2.24, 2.45) is 18.0 Å². The summed E-state index contributed by atoms with van der Waals surface area (Å²) >= 11 is 0. The minimum absolute atomic E-state index is 0.0268. The maximum absolute atomic E-state index is 12.9. The Labute approximate surface area is 146 Å². The highest BCUT2D eigenvalue weighted by Gasteiger charge is 2.41. The first-order valence-corrected chi connectivity index (χ1v) is 8.14. The maximum Gasteiger partial charge on any atom is 0.435 e. The van der Waals surface area contributed by atoms with Gasteiger partial charge in [-0.1, -0.05) is 0 Å². The third kappa shape index (κ3) is 5.28. The molecule has 1 aliphatic rings. The smallest absolute Gasteiger partial charge is 0.354 e. The molecule has 26 heavy (non-hydrogen) atoms. The van der Waals surface area contributed by atoms with Gasteiger partial charge in [0.05, 0.1) is 5.92 Å². The predicted molar refractivity (Wildman–Crippen MR) is 83.3 cm³/mol. The summed E-state index contributed by atoms with van der Waals surface area (Å²) in [7, 11) is 2.84. The number of rotatable bonds is 3. The number of hydrogen-bond donors (Lipinski definition) is 2. The summed E-state index contributed by atoms with van der Waals surface area (Å²) in [6.45, 7) is -0.153. The van der Waals surface area contributed by atoms with Gasteiger partial charge in [-0.2, -0.15) is 31.4 Å². The van der Waals surface area contributed by atoms with E-state index < -0.39 is 24.0 Å². The molecule has 2 rings (SSSR count). The van der Waals surface area contributed by atoms with Crippen LogP contribution in [0.15, 0.2) is 11.2 Å². The molecule has 1 aliphatic carbocycles. The Morgan fingerprint density at radius 2 is 1.81 bits per heavy atom. The lowest BCUT2D eigenvalue weighted by Gasteiger charge is -2.31. The number of guanidine groups is 1. The van der Waals surface area contributed by atoms with Crippen LogP contribution in [0.25, 0.3) is 0 Å². The van der Waals surface area contributed by atoms with Crippen molar-refractivity contribution in [3.8, 4) is 0 Å². The summed E-state index contributed by atoms with van der Waals surface area (Å²) in [5.41, 5.74) is -1.02. The third-order valence-electron chi connectivity index (χ3n) is 4.37. The van der Waals surface area contributed by atoms with Gasteiger partial charge in [0.1, 0.15) is 0 Å². The molecular weight excluding hydrogens is 364 g/mol. The molecule has 0 atom stereocenters. The fourth-order valence-corrected chi connectivity index (χ4v) is 3.04. The Morgan fingerprint density at radius 3 is 2.31 bits per heavy atom. The maximum atomic E-state index is 12.9. The van der Waals surface area contributed by atoms with Crippen LogP contribution in [0.3, 0.4) is 0 Å². The molecule has 0 saturated heterocycles. The van der Waals surface area contributed by atoms with E-state index in [1.165, 1.54) is 20.3 Å². The number of aryl methyl sites for hydroxylation is 1. The van der Waals surface area contributed by atoms with Crippen molar-refractivity contribution in [3.63, 3.8) is 0 Å². The predicted octanol–water partition coefficient (Wildman–Crippen LogP) is 3.23. The zero-order chi connectivity index (χ0) is 19.5. The van der Waals surface area contributed by atoms with Crippen molar-refractivity contribution in [2.45, 2.75) is 50.6 Å². The van der Waals surface area contributed by atoms with Crippen molar-refractivity contribution in [2.75, 3.05) is 7.05 Å². The summed E-state index contributed by atoms with van der Waals surface area (Å²) in [6.07, 6.45) is -6.78. The summed E-state index contributed by atoms with van der Waals surface area (Å²) in [5, 5.41) is 9.16. The van der Waals surface area contributed by atoms with Crippen LogP contribution in [-0.4, -0.2) is 35.0 Å². The largest absolute Gasteiger partial charge is 0.435 e. The highest BCUT2D eigenvalue weighted by atomic mass is 19.4. The first kappa shape index (κ1) is 20.4. The average molecular weight is 385 g/mol. The molecule has 0 unspecified atom stereocenters. The van der Waals surface area contributed by atoms with Crippen LogP contribution in [0.4, 0.5) is 26.3 Å². The first-order valence-electron chi connectivity index (χ1n) is 8.14. The second-order valence-corrected chi connectivity index (χ2v) is 6.33. The van der Waals surface area contributed by atoms with Gasteiger partial charge in [-0.3, -0.25) is 9.67 Å². The van der Waals surface area contributed by atoms with E-state index in [1.54, 1.807) is 0 Å². The van der Waals surface area contributed by atoms with Gasteiger partial charge in [0.15, 0.2) is 11.7 Å². The Bertz CT molecular complexity index is 625. The van der Waals surface area contributed by atoms with Crippen LogP contribution in [0, 0.1) is 5.92 Å². The van der Waals surface area contributed by atoms with Crippen LogP contribution in [0.2, 0.25) is 0 Å². The Kier molecular flexibility index (Phi) is 6.07. The van der Waals surface area contributed by atoms with E-state index in [9.17, 15) is 26.3 Å². The SMILES string of the molecule is CN=C(NCc1cn(C)nc1C(F)(F)F)NC1CCC(C(F)(F)F)CC1. The minimum Gasteiger partial charge on any atom is -0.354 e. The van der Waals surface area contributed by atoms with Crippen LogP contribution in [-0.2, 0) is 19.8 Å². The normalized spacial score (nSPS) is 22.4. The third-order valence-corrected chi connectivity index (χ3v) is 4.37. The Balaban J connectivity index is 1.90. The molecule has 5 nitrogen and oxygen atoms in total. The van der Waals surface area contributed by atoms with E-state index >= 15 is 0 Å². The van der Waals surface area contributed by atoms with Gasteiger partial charge in [0, 0.05) is 38.4 Å². The molecule has 0 radical (unpaired) electrons. The van der Waals surface area contributed by atoms with Crippen LogP contribution >= 0.6 is 0 Å². The van der Waals surface area contributed by atoms with Gasteiger partial charge >= 0.3 is 12.4 Å². The van der Waals surface area contributed by atoms with Crippen molar-refractivity contribution in [1.82, 2.24) is 20.4 Å². The standard InChI is InChI=1S/C15H21F6N5/c1-22-13(24-11-5-3-10(4-6-11)14(16,17)18)23-7-9-8-26(2)25-12(9)15(19,20)21/h8,10-11H,3-7H2,1-2H3,(H2,22,23,24). The number of halogens is 6. The zero-order valence-electron chi connectivity index (χ0n) is 14.4. The highest BCUT2D eigenvalue weighted by molar-refractivity contribution is 5.79. The molecule has 0 bridgehead atoms. The summed E-state index contributed by atoms with van der Waals surface area (Å²) in [4.78, 5) is 3.93. The summed E-state index contributed by atoms with van der Waals surface area (Å²) in [5.74, 6) is -1.04. The van der Waals surface area contributed by atoms with Gasteiger partial charge in [-0.15, -0.1) is 0 Å². The van der Waals surface area contributed by atoms with Gasteiger partial charge < -0.3 is 10.6 Å². The van der Waals surface area contributed by atoms with Crippen molar-refractivity contribution in [3.05, 3.63) is 17.5 Å². The monoisotopic (exact) mass is 385 g/mol. The van der Waals surface area contributed by atoms with Crippen molar-refractivity contribution >= 4 is 5.96 Å². The van der Waals surface area contributed by atoms with E-state index in [2.05, 4.69) is 20.7 Å². The van der Waals surface area contributed by atoms with Crippen molar-refractivity contribution in [1.29, 1.82) is 0 Å². The molecular formula is C15H21F6N5. The number of hydrogen-bond acceptors (Lipinski definition) is 2. The lowest BCUT2D eigenvalue weighted by atomic mass is 9.85. The Hall–Kier alpha value is -1.94. The Morgan fingerprint density at radius 1 is 1.19 bits per heavy atom. The number of aromatic nitrogens is 2. The zero-order valence-corrected chi connectivity index (χ0v) is 14.4. The quantitative estimate of drug-likeness (QED) is 0.477. The lowest BCUT2D eigenvalue weighted by Crippen LogP contribution is -2.45. The van der Waals surface area contributed by atoms with Gasteiger partial charge in [-0.25, -0.2) is 0 Å². The number of nitrogens with zero attached hydrogens (tertiary/aromatic N) is 3. The van der Waals surface area contributed by atoms with Crippen molar-refractivity contribution < 1.29 is 26.3 Å². The minimum atomic E-state index is -4.56. The molecule has 1 heterocycles. The molecule has 0 aliphatic heterocycles. The summed E-state index contributed by atoms with van der Waals surface area (Å²) in [6, 6.07) is -0.198. The van der Waals surface area contributed by atoms with E-state index in [0.29, 0.717) is 12.8 Å². The molecule has 11 heteroatoms. The highest BCUT2D eigenvalue weighted by Crippen LogP contribution is 2.37. The van der Waals surface area contributed by atoms with Gasteiger partial charge in [0.25, 0.3) is 0 Å². The van der Waals surface area contributed by atoms with Gasteiger partial charge in [-0.05, 0) is 25.7 Å². The van der Waals surface area contributed by atoms with E-state index in [-0.39, 0.29) is 37.0 Å². The topological polar surface area (TPSA) is 54.2 Å². The molecule has 0 aromatic carbocycles. The molecule has 148 valence electrons. The van der Waals surface area contributed by atoms with Crippen LogP contribution < -0.4 is 10.6 Å². The molecule has 1 aromatic heterocycles. The van der Waals surface area contributed by atoms with E-state index in [0.717, 1.165) is 4.68 Å². The molecule has 0 amide bonds. The van der Waals surface area contributed by atoms with Gasteiger partial charge in [0.2, 0.25) is 0 Å². The second kappa shape index (κ2) is 7.75. The van der Waals surface area contributed by atoms with E-state index in [4.69, 9.17) is 0 Å². The molecule has 0 spiro atoms. The first-order chi connectivity index (χ1) is 12.0. The van der Waals surface area contributed by atoms with E-state index in [1.807, 2.05) is 0 Å².